The van der Waals surface area contributed by atoms with Gasteiger partial charge in [-0.1, -0.05) is 18.2 Å². The summed E-state index contributed by atoms with van der Waals surface area (Å²) in [5, 5.41) is 0. The smallest absolute Gasteiger partial charge is 0.297 e. The largest absolute Gasteiger partial charge is 0.369 e. The van der Waals surface area contributed by atoms with Crippen LogP contribution in [0.4, 0.5) is 4.39 Å². The third-order valence-corrected chi connectivity index (χ3v) is 4.61. The van der Waals surface area contributed by atoms with Crippen LogP contribution < -0.4 is 0 Å². The van der Waals surface area contributed by atoms with Crippen LogP contribution in [0.3, 0.4) is 0 Å². The molecule has 1 saturated heterocycles. The molecule has 19 heavy (non-hydrogen) atoms. The maximum atomic E-state index is 13.9. The van der Waals surface area contributed by atoms with E-state index in [0.29, 0.717) is 0 Å². The summed E-state index contributed by atoms with van der Waals surface area (Å²) in [5.41, 5.74) is -1.44. The highest BCUT2D eigenvalue weighted by Gasteiger charge is 2.43. The van der Waals surface area contributed by atoms with E-state index in [1.807, 2.05) is 0 Å². The Hall–Kier alpha value is -0.980. The molecule has 0 amide bonds. The van der Waals surface area contributed by atoms with Crippen LogP contribution in [0.1, 0.15) is 20.3 Å². The molecule has 4 nitrogen and oxygen atoms in total. The third-order valence-electron chi connectivity index (χ3n) is 3.31. The molecule has 3 atom stereocenters. The monoisotopic (exact) mass is 288 g/mol. The van der Waals surface area contributed by atoms with Crippen molar-refractivity contribution in [2.24, 2.45) is 0 Å². The van der Waals surface area contributed by atoms with Gasteiger partial charge in [-0.3, -0.25) is 4.18 Å². The molecule has 1 aromatic carbocycles. The van der Waals surface area contributed by atoms with E-state index in [0.717, 1.165) is 0 Å². The van der Waals surface area contributed by atoms with Crippen molar-refractivity contribution in [3.05, 3.63) is 30.3 Å². The molecule has 0 aliphatic carbocycles. The van der Waals surface area contributed by atoms with E-state index in [2.05, 4.69) is 0 Å². The van der Waals surface area contributed by atoms with Gasteiger partial charge in [0.2, 0.25) is 0 Å². The first kappa shape index (κ1) is 14.4. The van der Waals surface area contributed by atoms with E-state index in [1.165, 1.54) is 19.1 Å². The summed E-state index contributed by atoms with van der Waals surface area (Å²) in [6.45, 7) is 2.91. The van der Waals surface area contributed by atoms with Gasteiger partial charge in [0.05, 0.1) is 23.7 Å². The first-order valence-electron chi connectivity index (χ1n) is 6.10. The van der Waals surface area contributed by atoms with E-state index in [4.69, 9.17) is 8.92 Å². The molecule has 1 heterocycles. The summed E-state index contributed by atoms with van der Waals surface area (Å²) in [6.07, 6.45) is -0.956. The molecule has 1 aliphatic rings. The Bertz CT molecular complexity index is 527. The summed E-state index contributed by atoms with van der Waals surface area (Å²) < 4.78 is 47.9. The van der Waals surface area contributed by atoms with Gasteiger partial charge in [0.25, 0.3) is 10.1 Å². The number of halogens is 1. The molecule has 0 saturated carbocycles. The second-order valence-electron chi connectivity index (χ2n) is 4.93. The van der Waals surface area contributed by atoms with Crippen molar-refractivity contribution in [3.8, 4) is 0 Å². The maximum Gasteiger partial charge on any atom is 0.297 e. The minimum Gasteiger partial charge on any atom is -0.369 e. The predicted molar refractivity (Wildman–Crippen MR) is 68.0 cm³/mol. The van der Waals surface area contributed by atoms with E-state index in [9.17, 15) is 12.8 Å². The van der Waals surface area contributed by atoms with Gasteiger partial charge in [0.1, 0.15) is 5.67 Å². The van der Waals surface area contributed by atoms with E-state index in [1.54, 1.807) is 25.1 Å². The van der Waals surface area contributed by atoms with Gasteiger partial charge in [-0.2, -0.15) is 8.42 Å². The Balaban J connectivity index is 1.97. The average Bonchev–Trinajstić information content (AvgIpc) is 2.62. The molecular formula is C13H17FO4S. The first-order valence-corrected chi connectivity index (χ1v) is 7.51. The van der Waals surface area contributed by atoms with E-state index in [-0.39, 0.29) is 17.9 Å². The molecule has 1 unspecified atom stereocenters. The zero-order valence-electron chi connectivity index (χ0n) is 10.9. The Labute approximate surface area is 112 Å². The Kier molecular flexibility index (Phi) is 3.94. The lowest BCUT2D eigenvalue weighted by Gasteiger charge is -2.15. The summed E-state index contributed by atoms with van der Waals surface area (Å²) in [5.74, 6) is 0. The highest BCUT2D eigenvalue weighted by molar-refractivity contribution is 7.86. The van der Waals surface area contributed by atoms with Gasteiger partial charge in [0.15, 0.2) is 0 Å². The summed E-state index contributed by atoms with van der Waals surface area (Å²) in [7, 11) is -3.80. The van der Waals surface area contributed by atoms with Crippen LogP contribution in [0, 0.1) is 0 Å². The molecule has 0 bridgehead atoms. The third kappa shape index (κ3) is 3.32. The van der Waals surface area contributed by atoms with Gasteiger partial charge >= 0.3 is 0 Å². The average molecular weight is 288 g/mol. The van der Waals surface area contributed by atoms with Gasteiger partial charge in [-0.25, -0.2) is 4.39 Å². The van der Waals surface area contributed by atoms with Crippen molar-refractivity contribution in [2.75, 3.05) is 6.61 Å². The highest BCUT2D eigenvalue weighted by Crippen LogP contribution is 2.34. The zero-order valence-corrected chi connectivity index (χ0v) is 11.7. The number of alkyl halides is 1. The van der Waals surface area contributed by atoms with E-state index < -0.39 is 28.0 Å². The second-order valence-corrected chi connectivity index (χ2v) is 6.55. The topological polar surface area (TPSA) is 52.6 Å². The molecular weight excluding hydrogens is 271 g/mol. The van der Waals surface area contributed by atoms with Crippen LogP contribution in [0.5, 0.6) is 0 Å². The first-order chi connectivity index (χ1) is 8.81. The molecule has 6 heteroatoms. The second kappa shape index (κ2) is 5.19. The fourth-order valence-electron chi connectivity index (χ4n) is 2.01. The Morgan fingerprint density at radius 3 is 2.58 bits per heavy atom. The number of hydrogen-bond acceptors (Lipinski definition) is 4. The SMILES string of the molecule is C[C@@H]1OC(COS(=O)(=O)c2ccccc2)C[C@@]1(C)F. The van der Waals surface area contributed by atoms with Crippen molar-refractivity contribution < 1.29 is 21.7 Å². The van der Waals surface area contributed by atoms with Crippen LogP contribution in [0.15, 0.2) is 35.2 Å². The van der Waals surface area contributed by atoms with E-state index >= 15 is 0 Å². The molecule has 0 spiro atoms. The maximum absolute atomic E-state index is 13.9. The van der Waals surface area contributed by atoms with Crippen LogP contribution in [0.25, 0.3) is 0 Å². The molecule has 0 N–H and O–H groups in total. The van der Waals surface area contributed by atoms with Crippen molar-refractivity contribution in [1.29, 1.82) is 0 Å². The zero-order chi connectivity index (χ0) is 14.1. The molecule has 1 fully saturated rings. The number of rotatable bonds is 4. The lowest BCUT2D eigenvalue weighted by Crippen LogP contribution is -2.26. The summed E-state index contributed by atoms with van der Waals surface area (Å²) >= 11 is 0. The number of ether oxygens (including phenoxy) is 1. The van der Waals surface area contributed by atoms with Crippen molar-refractivity contribution in [3.63, 3.8) is 0 Å². The number of hydrogen-bond donors (Lipinski definition) is 0. The Morgan fingerprint density at radius 2 is 2.05 bits per heavy atom. The quantitative estimate of drug-likeness (QED) is 0.798. The fraction of sp³-hybridized carbons (Fsp3) is 0.538. The predicted octanol–water partition coefficient (Wildman–Crippen LogP) is 2.30. The number of benzene rings is 1. The molecule has 2 rings (SSSR count). The van der Waals surface area contributed by atoms with Crippen LogP contribution in [-0.4, -0.2) is 32.9 Å². The van der Waals surface area contributed by atoms with Gasteiger partial charge in [-0.15, -0.1) is 0 Å². The van der Waals surface area contributed by atoms with Crippen LogP contribution >= 0.6 is 0 Å². The van der Waals surface area contributed by atoms with Crippen molar-refractivity contribution >= 4 is 10.1 Å². The Morgan fingerprint density at radius 1 is 1.42 bits per heavy atom. The molecule has 1 aromatic rings. The summed E-state index contributed by atoms with van der Waals surface area (Å²) in [4.78, 5) is 0.0871. The lowest BCUT2D eigenvalue weighted by atomic mass is 10.00. The normalized spacial score (nSPS) is 31.5. The molecule has 106 valence electrons. The van der Waals surface area contributed by atoms with Gasteiger partial charge in [0, 0.05) is 6.42 Å². The standard InChI is InChI=1S/C13H17FO4S/c1-10-13(2,14)8-11(18-10)9-17-19(15,16)12-6-4-3-5-7-12/h3-7,10-11H,8-9H2,1-2H3/t10-,11?,13+/m0/s1. The van der Waals surface area contributed by atoms with Gasteiger partial charge < -0.3 is 4.74 Å². The highest BCUT2D eigenvalue weighted by atomic mass is 32.2. The summed E-state index contributed by atoms with van der Waals surface area (Å²) in [6, 6.07) is 7.85. The van der Waals surface area contributed by atoms with Crippen molar-refractivity contribution in [2.45, 2.75) is 43.0 Å². The van der Waals surface area contributed by atoms with Gasteiger partial charge in [-0.05, 0) is 26.0 Å². The molecule has 0 aromatic heterocycles. The lowest BCUT2D eigenvalue weighted by molar-refractivity contribution is 0.000759. The fourth-order valence-corrected chi connectivity index (χ4v) is 2.97. The molecule has 0 radical (unpaired) electrons. The van der Waals surface area contributed by atoms with Crippen LogP contribution in [-0.2, 0) is 19.0 Å². The van der Waals surface area contributed by atoms with Crippen LogP contribution in [0.2, 0.25) is 0 Å². The minimum atomic E-state index is -3.80. The molecule has 1 aliphatic heterocycles. The minimum absolute atomic E-state index is 0.0871. The van der Waals surface area contributed by atoms with Crippen molar-refractivity contribution in [1.82, 2.24) is 0 Å².